The van der Waals surface area contributed by atoms with E-state index in [1.807, 2.05) is 68.4 Å². The number of hydrogen-bond acceptors (Lipinski definition) is 4. The average molecular weight is 413 g/mol. The van der Waals surface area contributed by atoms with Gasteiger partial charge in [0.1, 0.15) is 31.0 Å². The molecule has 1 saturated heterocycles. The van der Waals surface area contributed by atoms with Gasteiger partial charge in [0.25, 0.3) is 5.91 Å². The van der Waals surface area contributed by atoms with Gasteiger partial charge >= 0.3 is 0 Å². The van der Waals surface area contributed by atoms with Crippen molar-refractivity contribution in [1.82, 2.24) is 10.9 Å². The molecular weight excluding hydrogens is 382 g/mol. The number of carbonyl (C=O) groups excluding carboxylic acids is 2. The van der Waals surface area contributed by atoms with Crippen molar-refractivity contribution in [3.05, 3.63) is 54.6 Å². The van der Waals surface area contributed by atoms with Gasteiger partial charge in [-0.3, -0.25) is 20.4 Å². The fourth-order valence-corrected chi connectivity index (χ4v) is 3.64. The molecule has 1 heterocycles. The lowest BCUT2D eigenvalue weighted by Gasteiger charge is -2.32. The van der Waals surface area contributed by atoms with E-state index in [0.29, 0.717) is 18.7 Å². The van der Waals surface area contributed by atoms with Gasteiger partial charge in [0, 0.05) is 0 Å². The summed E-state index contributed by atoms with van der Waals surface area (Å²) in [5.74, 6) is -0.0263. The van der Waals surface area contributed by atoms with Crippen LogP contribution in [0.4, 0.5) is 0 Å². The van der Waals surface area contributed by atoms with Gasteiger partial charge in [-0.1, -0.05) is 42.5 Å². The Morgan fingerprint density at radius 3 is 2.20 bits per heavy atom. The van der Waals surface area contributed by atoms with E-state index in [1.54, 1.807) is 0 Å². The second kappa shape index (κ2) is 10.8. The van der Waals surface area contributed by atoms with Gasteiger partial charge in [-0.05, 0) is 37.1 Å². The van der Waals surface area contributed by atoms with Crippen LogP contribution >= 0.6 is 0 Å². The van der Waals surface area contributed by atoms with Gasteiger partial charge in [0.05, 0.1) is 13.0 Å². The third-order valence-corrected chi connectivity index (χ3v) is 5.00. The van der Waals surface area contributed by atoms with Crippen LogP contribution in [0, 0.1) is 0 Å². The molecule has 0 radical (unpaired) electrons. The normalized spacial score (nSPS) is 20.9. The first-order valence-electron chi connectivity index (χ1n) is 10.3. The molecule has 160 valence electrons. The summed E-state index contributed by atoms with van der Waals surface area (Å²) in [7, 11) is 0. The highest BCUT2D eigenvalue weighted by Crippen LogP contribution is 2.21. The van der Waals surface area contributed by atoms with Crippen LogP contribution in [0.15, 0.2) is 54.6 Å². The highest BCUT2D eigenvalue weighted by molar-refractivity contribution is 5.82. The SMILES string of the molecule is C[C@@H]1C[NH+](CCC(=O)NNC(=O)COc2ccc(-c3ccccc3)cc2)C[C@@H](C)O1. The molecule has 2 atom stereocenters. The van der Waals surface area contributed by atoms with Gasteiger partial charge in [-0.15, -0.1) is 0 Å². The largest absolute Gasteiger partial charge is 0.484 e. The first-order chi connectivity index (χ1) is 14.5. The number of morpholine rings is 1. The monoisotopic (exact) mass is 412 g/mol. The zero-order valence-electron chi connectivity index (χ0n) is 17.5. The Morgan fingerprint density at radius 2 is 1.53 bits per heavy atom. The highest BCUT2D eigenvalue weighted by atomic mass is 16.5. The van der Waals surface area contributed by atoms with E-state index < -0.39 is 5.91 Å². The van der Waals surface area contributed by atoms with Crippen molar-refractivity contribution in [1.29, 1.82) is 0 Å². The van der Waals surface area contributed by atoms with Crippen LogP contribution in [-0.4, -0.2) is 50.3 Å². The van der Waals surface area contributed by atoms with E-state index in [9.17, 15) is 9.59 Å². The van der Waals surface area contributed by atoms with Gasteiger partial charge in [0.2, 0.25) is 5.91 Å². The molecular formula is C23H30N3O4+. The molecule has 7 nitrogen and oxygen atoms in total. The molecule has 3 N–H and O–H groups in total. The first kappa shape index (κ1) is 21.8. The Morgan fingerprint density at radius 1 is 0.933 bits per heavy atom. The van der Waals surface area contributed by atoms with E-state index in [2.05, 4.69) is 10.9 Å². The number of amides is 2. The molecule has 2 aromatic carbocycles. The summed E-state index contributed by atoms with van der Waals surface area (Å²) in [4.78, 5) is 25.3. The third kappa shape index (κ3) is 6.86. The molecule has 0 spiro atoms. The lowest BCUT2D eigenvalue weighted by molar-refractivity contribution is -0.914. The summed E-state index contributed by atoms with van der Waals surface area (Å²) >= 11 is 0. The van der Waals surface area contributed by atoms with Gasteiger partial charge < -0.3 is 14.4 Å². The zero-order valence-corrected chi connectivity index (χ0v) is 17.5. The molecule has 3 rings (SSSR count). The number of carbonyl (C=O) groups is 2. The fourth-order valence-electron chi connectivity index (χ4n) is 3.64. The molecule has 0 aliphatic carbocycles. The topological polar surface area (TPSA) is 81.1 Å². The Hall–Kier alpha value is -2.90. The molecule has 1 aliphatic rings. The number of hydrazine groups is 1. The van der Waals surface area contributed by atoms with Crippen molar-refractivity contribution in [3.63, 3.8) is 0 Å². The fraction of sp³-hybridized carbons (Fsp3) is 0.391. The number of benzene rings is 2. The zero-order chi connectivity index (χ0) is 21.3. The summed E-state index contributed by atoms with van der Waals surface area (Å²) in [6.45, 7) is 6.41. The molecule has 30 heavy (non-hydrogen) atoms. The minimum absolute atomic E-state index is 0.172. The van der Waals surface area contributed by atoms with Gasteiger partial charge in [0.15, 0.2) is 6.61 Å². The summed E-state index contributed by atoms with van der Waals surface area (Å²) in [6.07, 6.45) is 0.743. The number of rotatable bonds is 7. The third-order valence-electron chi connectivity index (χ3n) is 5.00. The van der Waals surface area contributed by atoms with E-state index >= 15 is 0 Å². The van der Waals surface area contributed by atoms with E-state index in [4.69, 9.17) is 9.47 Å². The quantitative estimate of drug-likeness (QED) is 0.592. The molecule has 7 heteroatoms. The summed E-state index contributed by atoms with van der Waals surface area (Å²) in [6, 6.07) is 17.6. The first-order valence-corrected chi connectivity index (χ1v) is 10.3. The summed E-state index contributed by atoms with van der Waals surface area (Å²) < 4.78 is 11.2. The van der Waals surface area contributed by atoms with Gasteiger partial charge in [-0.25, -0.2) is 0 Å². The predicted octanol–water partition coefficient (Wildman–Crippen LogP) is 0.962. The van der Waals surface area contributed by atoms with Crippen molar-refractivity contribution in [2.24, 2.45) is 0 Å². The van der Waals surface area contributed by atoms with Crippen molar-refractivity contribution in [2.45, 2.75) is 32.5 Å². The van der Waals surface area contributed by atoms with Crippen molar-refractivity contribution in [2.75, 3.05) is 26.2 Å². The molecule has 0 bridgehead atoms. The molecule has 0 aromatic heterocycles. The minimum atomic E-state index is -0.406. The minimum Gasteiger partial charge on any atom is -0.484 e. The predicted molar refractivity (Wildman–Crippen MR) is 114 cm³/mol. The molecule has 1 fully saturated rings. The molecule has 0 saturated carbocycles. The van der Waals surface area contributed by atoms with E-state index in [0.717, 1.165) is 24.2 Å². The highest BCUT2D eigenvalue weighted by Gasteiger charge is 2.25. The van der Waals surface area contributed by atoms with Gasteiger partial charge in [-0.2, -0.15) is 0 Å². The lowest BCUT2D eigenvalue weighted by atomic mass is 10.1. The van der Waals surface area contributed by atoms with Crippen molar-refractivity contribution in [3.8, 4) is 16.9 Å². The number of ether oxygens (including phenoxy) is 2. The Labute approximate surface area is 177 Å². The van der Waals surface area contributed by atoms with E-state index in [-0.39, 0.29) is 24.7 Å². The van der Waals surface area contributed by atoms with Crippen LogP contribution in [0.3, 0.4) is 0 Å². The maximum absolute atomic E-state index is 12.0. The summed E-state index contributed by atoms with van der Waals surface area (Å²) in [5, 5.41) is 0. The maximum atomic E-state index is 12.0. The van der Waals surface area contributed by atoms with Crippen LogP contribution in [0.25, 0.3) is 11.1 Å². The standard InChI is InChI=1S/C23H29N3O4/c1-17-14-26(15-18(2)30-17)13-12-22(27)24-25-23(28)16-29-21-10-8-20(9-11-21)19-6-4-3-5-7-19/h3-11,17-18H,12-16H2,1-2H3,(H,24,27)(H,25,28)/p+1/t17-,18-/m1/s1. The second-order valence-electron chi connectivity index (χ2n) is 7.69. The number of nitrogens with one attached hydrogen (secondary N) is 3. The van der Waals surface area contributed by atoms with E-state index in [1.165, 1.54) is 4.90 Å². The molecule has 2 amide bonds. The Kier molecular flexibility index (Phi) is 7.82. The van der Waals surface area contributed by atoms with Crippen LogP contribution < -0.4 is 20.5 Å². The molecule has 2 aromatic rings. The van der Waals surface area contributed by atoms with Crippen LogP contribution in [0.2, 0.25) is 0 Å². The lowest BCUT2D eigenvalue weighted by Crippen LogP contribution is -3.15. The number of hydrogen-bond donors (Lipinski definition) is 3. The Bertz CT molecular complexity index is 816. The maximum Gasteiger partial charge on any atom is 0.276 e. The van der Waals surface area contributed by atoms with Crippen LogP contribution in [0.1, 0.15) is 20.3 Å². The molecule has 1 aliphatic heterocycles. The number of quaternary nitrogens is 1. The van der Waals surface area contributed by atoms with Crippen LogP contribution in [-0.2, 0) is 14.3 Å². The average Bonchev–Trinajstić information content (AvgIpc) is 2.75. The molecule has 0 unspecified atom stereocenters. The van der Waals surface area contributed by atoms with Crippen molar-refractivity contribution >= 4 is 11.8 Å². The van der Waals surface area contributed by atoms with Crippen LogP contribution in [0.5, 0.6) is 5.75 Å². The Balaban J connectivity index is 1.34. The smallest absolute Gasteiger partial charge is 0.276 e. The van der Waals surface area contributed by atoms with Crippen molar-refractivity contribution < 1.29 is 24.0 Å². The second-order valence-corrected chi connectivity index (χ2v) is 7.69. The summed E-state index contributed by atoms with van der Waals surface area (Å²) in [5.41, 5.74) is 7.04.